The summed E-state index contributed by atoms with van der Waals surface area (Å²) in [5.74, 6) is 0.902. The number of nitrogens with zero attached hydrogens (tertiary/aromatic N) is 2. The summed E-state index contributed by atoms with van der Waals surface area (Å²) in [5, 5.41) is 9.23. The van der Waals surface area contributed by atoms with Gasteiger partial charge in [0.25, 0.3) is 6.47 Å². The highest BCUT2D eigenvalue weighted by Crippen LogP contribution is 2.32. The Morgan fingerprint density at radius 2 is 1.90 bits per heavy atom. The average Bonchev–Trinajstić information content (AvgIpc) is 2.55. The fourth-order valence-electron chi connectivity index (χ4n) is 2.72. The molecule has 21 heavy (non-hydrogen) atoms. The van der Waals surface area contributed by atoms with Crippen molar-refractivity contribution in [3.8, 4) is 5.75 Å². The molecule has 1 fully saturated rings. The van der Waals surface area contributed by atoms with Gasteiger partial charge in [-0.25, -0.2) is 0 Å². The molecule has 0 bridgehead atoms. The molecule has 1 aliphatic rings. The summed E-state index contributed by atoms with van der Waals surface area (Å²) in [6.45, 7) is 2.02. The highest BCUT2D eigenvalue weighted by Gasteiger charge is 2.14. The maximum atomic E-state index is 8.36. The summed E-state index contributed by atoms with van der Waals surface area (Å²) in [6.07, 6.45) is 7.77. The molecule has 5 heteroatoms. The van der Waals surface area contributed by atoms with E-state index in [-0.39, 0.29) is 6.47 Å². The molecular formula is C16H20N2O3. The molecule has 0 atom stereocenters. The van der Waals surface area contributed by atoms with E-state index >= 15 is 0 Å². The minimum absolute atomic E-state index is 0.250. The van der Waals surface area contributed by atoms with Gasteiger partial charge in [-0.2, -0.15) is 0 Å². The number of fused-ring (bicyclic) bond motifs is 1. The normalized spacial score (nSPS) is 14.2. The Kier molecular flexibility index (Phi) is 5.37. The second-order valence-corrected chi connectivity index (χ2v) is 4.87. The number of benzene rings is 1. The molecule has 2 heterocycles. The topological polar surface area (TPSA) is 62.7 Å². The van der Waals surface area contributed by atoms with Crippen LogP contribution in [0.3, 0.4) is 0 Å². The van der Waals surface area contributed by atoms with E-state index in [1.165, 1.54) is 30.3 Å². The number of aromatic nitrogens is 1. The lowest BCUT2D eigenvalue weighted by molar-refractivity contribution is -0.122. The molecule has 112 valence electrons. The van der Waals surface area contributed by atoms with Crippen LogP contribution in [0.5, 0.6) is 5.75 Å². The zero-order chi connectivity index (χ0) is 15.1. The van der Waals surface area contributed by atoms with Crippen molar-refractivity contribution in [1.82, 2.24) is 4.98 Å². The number of hydrogen-bond acceptors (Lipinski definition) is 4. The maximum absolute atomic E-state index is 8.36. The van der Waals surface area contributed by atoms with Crippen LogP contribution in [-0.2, 0) is 4.79 Å². The highest BCUT2D eigenvalue weighted by atomic mass is 16.5. The molecule has 0 aliphatic carbocycles. The van der Waals surface area contributed by atoms with Gasteiger partial charge in [0.1, 0.15) is 5.75 Å². The van der Waals surface area contributed by atoms with Crippen LogP contribution in [0.2, 0.25) is 0 Å². The predicted octanol–water partition coefficient (Wildman–Crippen LogP) is 2.93. The number of hydrogen-bond donors (Lipinski definition) is 1. The van der Waals surface area contributed by atoms with Crippen LogP contribution < -0.4 is 9.64 Å². The van der Waals surface area contributed by atoms with E-state index in [0.29, 0.717) is 0 Å². The van der Waals surface area contributed by atoms with Gasteiger partial charge in [0.2, 0.25) is 0 Å². The molecule has 0 amide bonds. The van der Waals surface area contributed by atoms with Gasteiger partial charge >= 0.3 is 0 Å². The Bertz CT molecular complexity index is 595. The van der Waals surface area contributed by atoms with Gasteiger partial charge in [0.05, 0.1) is 19.0 Å². The van der Waals surface area contributed by atoms with Crippen molar-refractivity contribution in [2.24, 2.45) is 0 Å². The van der Waals surface area contributed by atoms with Crippen molar-refractivity contribution < 1.29 is 14.6 Å². The Labute approximate surface area is 124 Å². The third kappa shape index (κ3) is 3.42. The van der Waals surface area contributed by atoms with Crippen LogP contribution in [0.1, 0.15) is 19.3 Å². The average molecular weight is 288 g/mol. The van der Waals surface area contributed by atoms with E-state index in [4.69, 9.17) is 14.6 Å². The molecule has 3 rings (SSSR count). The van der Waals surface area contributed by atoms with Gasteiger partial charge in [-0.15, -0.1) is 0 Å². The van der Waals surface area contributed by atoms with E-state index in [0.717, 1.165) is 24.2 Å². The summed E-state index contributed by atoms with van der Waals surface area (Å²) < 4.78 is 5.41. The molecule has 0 radical (unpaired) electrons. The molecule has 1 aromatic heterocycles. The first-order valence-corrected chi connectivity index (χ1v) is 7.05. The number of anilines is 1. The molecule has 5 nitrogen and oxygen atoms in total. The van der Waals surface area contributed by atoms with Crippen LogP contribution >= 0.6 is 0 Å². The van der Waals surface area contributed by atoms with Crippen molar-refractivity contribution in [3.63, 3.8) is 0 Å². The third-order valence-electron chi connectivity index (χ3n) is 3.66. The van der Waals surface area contributed by atoms with Crippen LogP contribution in [0.25, 0.3) is 10.8 Å². The fraction of sp³-hybridized carbons (Fsp3) is 0.375. The number of rotatable bonds is 2. The summed E-state index contributed by atoms with van der Waals surface area (Å²) in [5.41, 5.74) is 1.24. The number of ether oxygens (including phenoxy) is 1. The fourth-order valence-corrected chi connectivity index (χ4v) is 2.72. The van der Waals surface area contributed by atoms with Crippen molar-refractivity contribution >= 4 is 22.9 Å². The number of pyridine rings is 1. The third-order valence-corrected chi connectivity index (χ3v) is 3.66. The SMILES string of the molecule is COc1cccc2c(N3CCCCC3)cncc12.O=CO. The van der Waals surface area contributed by atoms with Crippen molar-refractivity contribution in [2.45, 2.75) is 19.3 Å². The number of methoxy groups -OCH3 is 1. The van der Waals surface area contributed by atoms with Gasteiger partial charge < -0.3 is 14.7 Å². The van der Waals surface area contributed by atoms with Crippen molar-refractivity contribution in [3.05, 3.63) is 30.6 Å². The van der Waals surface area contributed by atoms with Gasteiger partial charge in [-0.1, -0.05) is 12.1 Å². The zero-order valence-corrected chi connectivity index (χ0v) is 12.2. The molecular weight excluding hydrogens is 268 g/mol. The largest absolute Gasteiger partial charge is 0.496 e. The monoisotopic (exact) mass is 288 g/mol. The van der Waals surface area contributed by atoms with Gasteiger partial charge in [0.15, 0.2) is 0 Å². The molecule has 0 saturated carbocycles. The minimum atomic E-state index is -0.250. The predicted molar refractivity (Wildman–Crippen MR) is 83.1 cm³/mol. The number of piperidine rings is 1. The van der Waals surface area contributed by atoms with E-state index in [1.54, 1.807) is 7.11 Å². The molecule has 0 spiro atoms. The molecule has 0 unspecified atom stereocenters. The van der Waals surface area contributed by atoms with Crippen molar-refractivity contribution in [1.29, 1.82) is 0 Å². The van der Waals surface area contributed by atoms with Crippen molar-refractivity contribution in [2.75, 3.05) is 25.1 Å². The van der Waals surface area contributed by atoms with E-state index < -0.39 is 0 Å². The maximum Gasteiger partial charge on any atom is 0.290 e. The van der Waals surface area contributed by atoms with Gasteiger partial charge in [-0.3, -0.25) is 9.78 Å². The summed E-state index contributed by atoms with van der Waals surface area (Å²) >= 11 is 0. The Hall–Kier alpha value is -2.30. The minimum Gasteiger partial charge on any atom is -0.496 e. The molecule has 2 aromatic rings. The smallest absolute Gasteiger partial charge is 0.290 e. The van der Waals surface area contributed by atoms with Gasteiger partial charge in [-0.05, 0) is 25.3 Å². The highest BCUT2D eigenvalue weighted by molar-refractivity contribution is 5.97. The van der Waals surface area contributed by atoms with E-state index in [1.807, 2.05) is 18.5 Å². The Morgan fingerprint density at radius 3 is 2.57 bits per heavy atom. The summed E-state index contributed by atoms with van der Waals surface area (Å²) in [6, 6.07) is 6.20. The Morgan fingerprint density at radius 1 is 1.19 bits per heavy atom. The van der Waals surface area contributed by atoms with Crippen LogP contribution in [-0.4, -0.2) is 36.8 Å². The number of carboxylic acid groups (broad SMARTS) is 1. The first kappa shape index (κ1) is 15.1. The second-order valence-electron chi connectivity index (χ2n) is 4.87. The van der Waals surface area contributed by atoms with E-state index in [9.17, 15) is 0 Å². The standard InChI is InChI=1S/C15H18N2O.CH2O2/c1-18-15-7-5-6-12-13(15)10-16-11-14(12)17-8-3-2-4-9-17;2-1-3/h5-7,10-11H,2-4,8-9H2,1H3;1H,(H,2,3). The van der Waals surface area contributed by atoms with Crippen LogP contribution in [0.15, 0.2) is 30.6 Å². The molecule has 1 aromatic carbocycles. The molecule has 1 saturated heterocycles. The summed E-state index contributed by atoms with van der Waals surface area (Å²) in [7, 11) is 1.71. The lowest BCUT2D eigenvalue weighted by Crippen LogP contribution is -2.29. The zero-order valence-electron chi connectivity index (χ0n) is 12.2. The molecule has 1 aliphatic heterocycles. The van der Waals surface area contributed by atoms with Crippen LogP contribution in [0.4, 0.5) is 5.69 Å². The molecule has 1 N–H and O–H groups in total. The van der Waals surface area contributed by atoms with Gasteiger partial charge in [0, 0.05) is 30.1 Å². The lowest BCUT2D eigenvalue weighted by atomic mass is 10.1. The van der Waals surface area contributed by atoms with E-state index in [2.05, 4.69) is 22.0 Å². The summed E-state index contributed by atoms with van der Waals surface area (Å²) in [4.78, 5) is 15.2. The first-order chi connectivity index (χ1) is 10.3. The second kappa shape index (κ2) is 7.47. The number of carbonyl (C=O) groups is 1. The van der Waals surface area contributed by atoms with Crippen LogP contribution in [0, 0.1) is 0 Å². The lowest BCUT2D eigenvalue weighted by Gasteiger charge is -2.29. The Balaban J connectivity index is 0.000000497. The quantitative estimate of drug-likeness (QED) is 0.861. The first-order valence-electron chi connectivity index (χ1n) is 7.05.